The molecular formula is C24H26N2O3S2. The van der Waals surface area contributed by atoms with Gasteiger partial charge in [-0.05, 0) is 36.8 Å². The van der Waals surface area contributed by atoms with Gasteiger partial charge < -0.3 is 5.32 Å². The molecule has 0 aliphatic rings. The van der Waals surface area contributed by atoms with Gasteiger partial charge in [0.2, 0.25) is 0 Å². The van der Waals surface area contributed by atoms with E-state index in [9.17, 15) is 13.2 Å². The van der Waals surface area contributed by atoms with Crippen molar-refractivity contribution in [2.45, 2.75) is 17.6 Å². The van der Waals surface area contributed by atoms with Crippen molar-refractivity contribution in [2.24, 2.45) is 0 Å². The largest absolute Gasteiger partial charge is 0.351 e. The Balaban J connectivity index is 1.62. The molecule has 0 spiro atoms. The quantitative estimate of drug-likeness (QED) is 0.484. The second-order valence-electron chi connectivity index (χ2n) is 7.10. The Morgan fingerprint density at radius 1 is 0.968 bits per heavy atom. The predicted molar refractivity (Wildman–Crippen MR) is 128 cm³/mol. The minimum atomic E-state index is -3.76. The van der Waals surface area contributed by atoms with Gasteiger partial charge in [0.1, 0.15) is 0 Å². The van der Waals surface area contributed by atoms with E-state index in [-0.39, 0.29) is 10.8 Å². The Morgan fingerprint density at radius 3 is 2.42 bits per heavy atom. The van der Waals surface area contributed by atoms with Crippen LogP contribution in [0.4, 0.5) is 5.69 Å². The van der Waals surface area contributed by atoms with Crippen molar-refractivity contribution >= 4 is 33.4 Å². The second kappa shape index (κ2) is 10.5. The molecule has 0 bridgehead atoms. The fraction of sp³-hybridized carbons (Fsp3) is 0.208. The van der Waals surface area contributed by atoms with Crippen molar-refractivity contribution in [1.82, 2.24) is 5.32 Å². The first-order valence-corrected chi connectivity index (χ1v) is 12.5. The number of nitrogens with one attached hydrogen (secondary N) is 1. The van der Waals surface area contributed by atoms with Crippen LogP contribution < -0.4 is 9.62 Å². The summed E-state index contributed by atoms with van der Waals surface area (Å²) in [5.74, 6) is 1.36. The molecule has 0 aliphatic heterocycles. The fourth-order valence-electron chi connectivity index (χ4n) is 3.14. The number of sulfonamides is 1. The molecule has 1 amide bonds. The molecule has 0 atom stereocenters. The van der Waals surface area contributed by atoms with Crippen molar-refractivity contribution in [3.05, 3.63) is 95.6 Å². The van der Waals surface area contributed by atoms with Crippen LogP contribution in [0.5, 0.6) is 0 Å². The van der Waals surface area contributed by atoms with Crippen LogP contribution in [0.15, 0.2) is 83.8 Å². The summed E-state index contributed by atoms with van der Waals surface area (Å²) in [6, 6.07) is 23.3. The van der Waals surface area contributed by atoms with E-state index in [1.54, 1.807) is 66.4 Å². The summed E-state index contributed by atoms with van der Waals surface area (Å²) in [6.07, 6.45) is 0. The second-order valence-corrected chi connectivity index (χ2v) is 10.2. The summed E-state index contributed by atoms with van der Waals surface area (Å²) in [7, 11) is -2.30. The monoisotopic (exact) mass is 454 g/mol. The summed E-state index contributed by atoms with van der Waals surface area (Å²) >= 11 is 1.74. The van der Waals surface area contributed by atoms with E-state index >= 15 is 0 Å². The third-order valence-electron chi connectivity index (χ3n) is 4.77. The number of carbonyl (C=O) groups is 1. The van der Waals surface area contributed by atoms with Crippen LogP contribution in [0, 0.1) is 6.92 Å². The molecule has 0 fully saturated rings. The van der Waals surface area contributed by atoms with Crippen molar-refractivity contribution in [3.63, 3.8) is 0 Å². The van der Waals surface area contributed by atoms with Crippen molar-refractivity contribution in [1.29, 1.82) is 0 Å². The third kappa shape index (κ3) is 5.89. The zero-order chi connectivity index (χ0) is 22.3. The standard InChI is InChI=1S/C24H26N2O3S2/c1-19-9-8-10-20(17-19)18-30-16-15-25-24(27)22-13-6-7-14-23(22)26(2)31(28,29)21-11-4-3-5-12-21/h3-14,17H,15-16,18H2,1-2H3,(H,25,27). The van der Waals surface area contributed by atoms with Gasteiger partial charge in [0.25, 0.3) is 15.9 Å². The lowest BCUT2D eigenvalue weighted by molar-refractivity contribution is 0.0957. The zero-order valence-electron chi connectivity index (χ0n) is 17.6. The molecule has 0 saturated carbocycles. The first-order chi connectivity index (χ1) is 14.9. The lowest BCUT2D eigenvalue weighted by atomic mass is 10.1. The molecule has 1 N–H and O–H groups in total. The van der Waals surface area contributed by atoms with Crippen LogP contribution in [0.1, 0.15) is 21.5 Å². The summed E-state index contributed by atoms with van der Waals surface area (Å²) in [6.45, 7) is 2.57. The number of rotatable bonds is 9. The number of amides is 1. The molecule has 162 valence electrons. The van der Waals surface area contributed by atoms with Crippen LogP contribution >= 0.6 is 11.8 Å². The SMILES string of the molecule is Cc1cccc(CSCCNC(=O)c2ccccc2N(C)S(=O)(=O)c2ccccc2)c1. The van der Waals surface area contributed by atoms with Crippen LogP contribution in [0.25, 0.3) is 0 Å². The van der Waals surface area contributed by atoms with Gasteiger partial charge in [0.15, 0.2) is 0 Å². The van der Waals surface area contributed by atoms with Crippen molar-refractivity contribution < 1.29 is 13.2 Å². The predicted octanol–water partition coefficient (Wildman–Crippen LogP) is 4.48. The van der Waals surface area contributed by atoms with E-state index in [4.69, 9.17) is 0 Å². The molecule has 31 heavy (non-hydrogen) atoms. The normalized spacial score (nSPS) is 11.2. The molecule has 0 radical (unpaired) electrons. The maximum Gasteiger partial charge on any atom is 0.264 e. The highest BCUT2D eigenvalue weighted by atomic mass is 32.2. The van der Waals surface area contributed by atoms with Gasteiger partial charge in [-0.1, -0.05) is 60.2 Å². The summed E-state index contributed by atoms with van der Waals surface area (Å²) in [5.41, 5.74) is 3.16. The molecule has 0 saturated heterocycles. The van der Waals surface area contributed by atoms with Gasteiger partial charge in [-0.2, -0.15) is 11.8 Å². The van der Waals surface area contributed by atoms with Crippen LogP contribution in [-0.2, 0) is 15.8 Å². The minimum Gasteiger partial charge on any atom is -0.351 e. The topological polar surface area (TPSA) is 66.5 Å². The fourth-order valence-corrected chi connectivity index (χ4v) is 5.19. The van der Waals surface area contributed by atoms with E-state index in [0.29, 0.717) is 17.8 Å². The lowest BCUT2D eigenvalue weighted by Gasteiger charge is -2.22. The van der Waals surface area contributed by atoms with Gasteiger partial charge >= 0.3 is 0 Å². The molecule has 0 aliphatic carbocycles. The molecule has 0 unspecified atom stereocenters. The van der Waals surface area contributed by atoms with Gasteiger partial charge in [-0.3, -0.25) is 9.10 Å². The Bertz CT molecular complexity index is 1130. The minimum absolute atomic E-state index is 0.181. The highest BCUT2D eigenvalue weighted by Crippen LogP contribution is 2.25. The third-order valence-corrected chi connectivity index (χ3v) is 7.59. The van der Waals surface area contributed by atoms with Crippen LogP contribution in [0.2, 0.25) is 0 Å². The average Bonchev–Trinajstić information content (AvgIpc) is 2.79. The zero-order valence-corrected chi connectivity index (χ0v) is 19.2. The maximum atomic E-state index is 13.0. The number of hydrogen-bond donors (Lipinski definition) is 1. The van der Waals surface area contributed by atoms with Gasteiger partial charge in [-0.15, -0.1) is 0 Å². The van der Waals surface area contributed by atoms with Crippen molar-refractivity contribution in [2.75, 3.05) is 23.7 Å². The number of benzene rings is 3. The summed E-state index contributed by atoms with van der Waals surface area (Å²) in [4.78, 5) is 13.0. The van der Waals surface area contributed by atoms with E-state index in [1.807, 2.05) is 6.07 Å². The van der Waals surface area contributed by atoms with Crippen LogP contribution in [0.3, 0.4) is 0 Å². The van der Waals surface area contributed by atoms with E-state index in [2.05, 4.69) is 30.4 Å². The highest BCUT2D eigenvalue weighted by molar-refractivity contribution is 7.98. The number of hydrogen-bond acceptors (Lipinski definition) is 4. The molecule has 5 nitrogen and oxygen atoms in total. The summed E-state index contributed by atoms with van der Waals surface area (Å²) in [5, 5.41) is 2.90. The Kier molecular flexibility index (Phi) is 7.76. The highest BCUT2D eigenvalue weighted by Gasteiger charge is 2.24. The number of aryl methyl sites for hydroxylation is 1. The molecule has 0 heterocycles. The number of para-hydroxylation sites is 1. The first-order valence-electron chi connectivity index (χ1n) is 9.94. The molecule has 3 aromatic carbocycles. The van der Waals surface area contributed by atoms with Gasteiger partial charge in [-0.25, -0.2) is 8.42 Å². The molecule has 3 rings (SSSR count). The van der Waals surface area contributed by atoms with Gasteiger partial charge in [0.05, 0.1) is 16.1 Å². The van der Waals surface area contributed by atoms with Crippen molar-refractivity contribution in [3.8, 4) is 0 Å². The first kappa shape index (κ1) is 22.9. The van der Waals surface area contributed by atoms with E-state index in [0.717, 1.165) is 15.8 Å². The number of thioether (sulfide) groups is 1. The Labute approximate surface area is 188 Å². The lowest BCUT2D eigenvalue weighted by Crippen LogP contribution is -2.31. The Morgan fingerprint density at radius 2 is 1.68 bits per heavy atom. The number of carbonyl (C=O) groups excluding carboxylic acids is 1. The Hall–Kier alpha value is -2.77. The number of anilines is 1. The molecular weight excluding hydrogens is 428 g/mol. The average molecular weight is 455 g/mol. The maximum absolute atomic E-state index is 13.0. The molecule has 0 aromatic heterocycles. The van der Waals surface area contributed by atoms with E-state index in [1.165, 1.54) is 18.2 Å². The van der Waals surface area contributed by atoms with Crippen LogP contribution in [-0.4, -0.2) is 33.7 Å². The molecule has 3 aromatic rings. The van der Waals surface area contributed by atoms with E-state index < -0.39 is 10.0 Å². The summed E-state index contributed by atoms with van der Waals surface area (Å²) < 4.78 is 27.1. The number of nitrogens with zero attached hydrogens (tertiary/aromatic N) is 1. The smallest absolute Gasteiger partial charge is 0.264 e. The van der Waals surface area contributed by atoms with Gasteiger partial charge in [0, 0.05) is 25.1 Å². The molecule has 7 heteroatoms.